The Hall–Kier alpha value is -2.63. The van der Waals surface area contributed by atoms with Crippen molar-refractivity contribution in [3.8, 4) is 0 Å². The molecule has 0 bridgehead atoms. The highest BCUT2D eigenvalue weighted by Gasteiger charge is 2.41. The van der Waals surface area contributed by atoms with Crippen molar-refractivity contribution in [3.05, 3.63) is 105 Å². The number of rotatable bonds is 4. The second-order valence-electron chi connectivity index (χ2n) is 8.43. The number of nitrogens with zero attached hydrogens (tertiary/aromatic N) is 3. The van der Waals surface area contributed by atoms with Crippen LogP contribution in [0, 0.1) is 0 Å². The van der Waals surface area contributed by atoms with Crippen molar-refractivity contribution >= 4 is 21.8 Å². The van der Waals surface area contributed by atoms with Crippen LogP contribution < -0.4 is 0 Å². The fraction of sp³-hybridized carbons (Fsp3) is 0.269. The summed E-state index contributed by atoms with van der Waals surface area (Å²) in [7, 11) is 2.06. The van der Waals surface area contributed by atoms with Gasteiger partial charge >= 0.3 is 0 Å². The normalized spacial score (nSPS) is 21.2. The van der Waals surface area contributed by atoms with Gasteiger partial charge in [-0.15, -0.1) is 0 Å². The molecule has 5 rings (SSSR count). The quantitative estimate of drug-likeness (QED) is 0.640. The minimum Gasteiger partial charge on any atom is -0.357 e. The molecule has 3 heterocycles. The maximum absolute atomic E-state index is 13.8. The predicted octanol–water partition coefficient (Wildman–Crippen LogP) is 4.71. The Balaban J connectivity index is 1.46. The Morgan fingerprint density at radius 3 is 2.58 bits per heavy atom. The monoisotopic (exact) mass is 475 g/mol. The smallest absolute Gasteiger partial charge is 0.253 e. The van der Waals surface area contributed by atoms with E-state index in [1.165, 1.54) is 16.7 Å². The number of hydrogen-bond donors (Lipinski definition) is 0. The van der Waals surface area contributed by atoms with Crippen LogP contribution in [0.4, 0.5) is 0 Å². The number of benzene rings is 2. The standard InChI is InChI=1S/C26H26BrN3O/c1-28-14-7-11-22-21-13-15-29(17-20-10-5-6-12-24(20)27)18-23(21)26(31)30(25(22)28)16-19-8-3-2-4-9-19/h2-12,14,25H,13,15-18H2,1H3. The van der Waals surface area contributed by atoms with Crippen LogP contribution in [-0.2, 0) is 17.9 Å². The van der Waals surface area contributed by atoms with Crippen molar-refractivity contribution in [2.75, 3.05) is 20.1 Å². The van der Waals surface area contributed by atoms with Gasteiger partial charge in [-0.2, -0.15) is 0 Å². The van der Waals surface area contributed by atoms with Crippen LogP contribution in [0.25, 0.3) is 0 Å². The molecule has 5 heteroatoms. The van der Waals surface area contributed by atoms with Crippen LogP contribution in [0.15, 0.2) is 94.1 Å². The highest BCUT2D eigenvalue weighted by atomic mass is 79.9. The first-order chi connectivity index (χ1) is 15.1. The SMILES string of the molecule is CN1C=CC=C2C3=C(CN(Cc4ccccc4Br)CC3)C(=O)N(Cc3ccccc3)C21. The molecule has 0 radical (unpaired) electrons. The van der Waals surface area contributed by atoms with Gasteiger partial charge in [-0.3, -0.25) is 9.69 Å². The fourth-order valence-electron chi connectivity index (χ4n) is 4.87. The number of carbonyl (C=O) groups is 1. The summed E-state index contributed by atoms with van der Waals surface area (Å²) in [6.07, 6.45) is 7.24. The largest absolute Gasteiger partial charge is 0.357 e. The molecule has 31 heavy (non-hydrogen) atoms. The van der Waals surface area contributed by atoms with Crippen LogP contribution in [-0.4, -0.2) is 46.9 Å². The highest BCUT2D eigenvalue weighted by Crippen LogP contribution is 2.38. The second kappa shape index (κ2) is 8.48. The van der Waals surface area contributed by atoms with Crippen LogP contribution >= 0.6 is 15.9 Å². The lowest BCUT2D eigenvalue weighted by atomic mass is 9.85. The van der Waals surface area contributed by atoms with Crippen molar-refractivity contribution in [1.82, 2.24) is 14.7 Å². The van der Waals surface area contributed by atoms with Crippen molar-refractivity contribution < 1.29 is 4.79 Å². The van der Waals surface area contributed by atoms with E-state index >= 15 is 0 Å². The summed E-state index contributed by atoms with van der Waals surface area (Å²) in [5.41, 5.74) is 5.90. The molecule has 0 saturated carbocycles. The van der Waals surface area contributed by atoms with Gasteiger partial charge in [-0.05, 0) is 40.8 Å². The Labute approximate surface area is 192 Å². The third kappa shape index (κ3) is 3.88. The molecular formula is C26H26BrN3O. The van der Waals surface area contributed by atoms with Crippen LogP contribution in [0.2, 0.25) is 0 Å². The van der Waals surface area contributed by atoms with Crippen molar-refractivity contribution in [2.24, 2.45) is 0 Å². The molecule has 3 aliphatic rings. The van der Waals surface area contributed by atoms with Gasteiger partial charge < -0.3 is 9.80 Å². The second-order valence-corrected chi connectivity index (χ2v) is 9.28. The third-order valence-electron chi connectivity index (χ3n) is 6.40. The molecule has 0 aromatic heterocycles. The van der Waals surface area contributed by atoms with E-state index in [0.29, 0.717) is 13.1 Å². The van der Waals surface area contributed by atoms with Gasteiger partial charge in [0.25, 0.3) is 5.91 Å². The molecule has 158 valence electrons. The first kappa shape index (κ1) is 20.3. The Morgan fingerprint density at radius 2 is 1.77 bits per heavy atom. The van der Waals surface area contributed by atoms with E-state index in [1.807, 2.05) is 29.2 Å². The van der Waals surface area contributed by atoms with Crippen LogP contribution in [0.3, 0.4) is 0 Å². The number of allylic oxidation sites excluding steroid dienone is 2. The molecule has 0 N–H and O–H groups in total. The van der Waals surface area contributed by atoms with E-state index in [2.05, 4.69) is 81.5 Å². The van der Waals surface area contributed by atoms with Gasteiger partial charge in [-0.25, -0.2) is 0 Å². The Kier molecular flexibility index (Phi) is 5.55. The van der Waals surface area contributed by atoms with Gasteiger partial charge in [-0.1, -0.05) is 70.5 Å². The minimum atomic E-state index is -0.0359. The zero-order chi connectivity index (χ0) is 21.4. The van der Waals surface area contributed by atoms with E-state index in [0.717, 1.165) is 35.1 Å². The van der Waals surface area contributed by atoms with E-state index in [4.69, 9.17) is 0 Å². The molecule has 1 amide bonds. The summed E-state index contributed by atoms with van der Waals surface area (Å²) < 4.78 is 1.12. The first-order valence-corrected chi connectivity index (χ1v) is 11.5. The molecule has 2 aromatic carbocycles. The first-order valence-electron chi connectivity index (χ1n) is 10.7. The van der Waals surface area contributed by atoms with Crippen molar-refractivity contribution in [3.63, 3.8) is 0 Å². The maximum atomic E-state index is 13.8. The van der Waals surface area contributed by atoms with Gasteiger partial charge in [0, 0.05) is 49.5 Å². The molecule has 0 aliphatic carbocycles. The summed E-state index contributed by atoms with van der Waals surface area (Å²) >= 11 is 3.67. The summed E-state index contributed by atoms with van der Waals surface area (Å²) in [6.45, 7) is 3.11. The molecule has 0 spiro atoms. The zero-order valence-electron chi connectivity index (χ0n) is 17.7. The number of carbonyl (C=O) groups excluding carboxylic acids is 1. The van der Waals surface area contributed by atoms with E-state index in [9.17, 15) is 4.79 Å². The summed E-state index contributed by atoms with van der Waals surface area (Å²) in [5.74, 6) is 0.167. The Morgan fingerprint density at radius 1 is 1.00 bits per heavy atom. The topological polar surface area (TPSA) is 26.8 Å². The highest BCUT2D eigenvalue weighted by molar-refractivity contribution is 9.10. The average molecular weight is 476 g/mol. The predicted molar refractivity (Wildman–Crippen MR) is 127 cm³/mol. The number of likely N-dealkylation sites (N-methyl/N-ethyl adjacent to an activating group) is 1. The fourth-order valence-corrected chi connectivity index (χ4v) is 5.28. The van der Waals surface area contributed by atoms with E-state index in [1.54, 1.807) is 0 Å². The number of amides is 1. The van der Waals surface area contributed by atoms with Crippen molar-refractivity contribution in [2.45, 2.75) is 25.7 Å². The number of halogens is 1. The van der Waals surface area contributed by atoms with Gasteiger partial charge in [0.05, 0.1) is 0 Å². The average Bonchev–Trinajstić information content (AvgIpc) is 2.79. The number of hydrogen-bond acceptors (Lipinski definition) is 3. The number of fused-ring (bicyclic) bond motifs is 2. The van der Waals surface area contributed by atoms with Gasteiger partial charge in [0.15, 0.2) is 0 Å². The minimum absolute atomic E-state index is 0.0359. The lowest BCUT2D eigenvalue weighted by Gasteiger charge is -2.47. The molecule has 0 saturated heterocycles. The molecule has 1 unspecified atom stereocenters. The summed E-state index contributed by atoms with van der Waals surface area (Å²) in [6, 6.07) is 18.6. The van der Waals surface area contributed by atoms with Gasteiger partial charge in [0.2, 0.25) is 0 Å². The maximum Gasteiger partial charge on any atom is 0.253 e. The molecular weight excluding hydrogens is 450 g/mol. The van der Waals surface area contributed by atoms with Crippen molar-refractivity contribution in [1.29, 1.82) is 0 Å². The van der Waals surface area contributed by atoms with Gasteiger partial charge in [0.1, 0.15) is 6.17 Å². The zero-order valence-corrected chi connectivity index (χ0v) is 19.3. The molecule has 4 nitrogen and oxygen atoms in total. The molecule has 3 aliphatic heterocycles. The van der Waals surface area contributed by atoms with Crippen LogP contribution in [0.5, 0.6) is 0 Å². The van der Waals surface area contributed by atoms with E-state index < -0.39 is 0 Å². The lowest BCUT2D eigenvalue weighted by Crippen LogP contribution is -2.55. The molecule has 2 aromatic rings. The molecule has 0 fully saturated rings. The van der Waals surface area contributed by atoms with E-state index in [-0.39, 0.29) is 12.1 Å². The Bertz CT molecular complexity index is 1090. The summed E-state index contributed by atoms with van der Waals surface area (Å²) in [4.78, 5) is 20.4. The lowest BCUT2D eigenvalue weighted by molar-refractivity contribution is -0.133. The molecule has 1 atom stereocenters. The summed E-state index contributed by atoms with van der Waals surface area (Å²) in [5, 5.41) is 0. The van der Waals surface area contributed by atoms with Crippen LogP contribution in [0.1, 0.15) is 17.5 Å². The third-order valence-corrected chi connectivity index (χ3v) is 7.17.